The number of amides is 1. The topological polar surface area (TPSA) is 32.3 Å². The van der Waals surface area contributed by atoms with Crippen LogP contribution < -0.4 is 5.32 Å². The largest absolute Gasteiger partial charge is 0.341 e. The van der Waals surface area contributed by atoms with Crippen LogP contribution in [0, 0.1) is 0 Å². The van der Waals surface area contributed by atoms with Gasteiger partial charge in [-0.15, -0.1) is 0 Å². The van der Waals surface area contributed by atoms with Gasteiger partial charge in [-0.3, -0.25) is 4.79 Å². The van der Waals surface area contributed by atoms with Gasteiger partial charge in [-0.05, 0) is 39.5 Å². The molecule has 0 spiro atoms. The Morgan fingerprint density at radius 1 is 1.25 bits per heavy atom. The molecule has 0 aliphatic carbocycles. The zero-order chi connectivity index (χ0) is 12.0. The summed E-state index contributed by atoms with van der Waals surface area (Å²) in [6, 6.07) is 0.411. The first-order valence-electron chi connectivity index (χ1n) is 6.70. The van der Waals surface area contributed by atoms with Gasteiger partial charge in [-0.2, -0.15) is 0 Å². The Morgan fingerprint density at radius 3 is 2.44 bits per heavy atom. The maximum Gasteiger partial charge on any atom is 0.239 e. The molecule has 1 saturated heterocycles. The van der Waals surface area contributed by atoms with Crippen molar-refractivity contribution in [2.24, 2.45) is 0 Å². The van der Waals surface area contributed by atoms with Crippen LogP contribution in [0.3, 0.4) is 0 Å². The Labute approximate surface area is 99.6 Å². The van der Waals surface area contributed by atoms with Crippen LogP contribution in [0.15, 0.2) is 0 Å². The van der Waals surface area contributed by atoms with E-state index in [1.165, 1.54) is 25.7 Å². The summed E-state index contributed by atoms with van der Waals surface area (Å²) in [7, 11) is 0. The molecule has 16 heavy (non-hydrogen) atoms. The molecule has 1 N–H and O–H groups in total. The molecule has 0 saturated carbocycles. The van der Waals surface area contributed by atoms with Crippen molar-refractivity contribution in [1.29, 1.82) is 0 Å². The van der Waals surface area contributed by atoms with E-state index >= 15 is 0 Å². The van der Waals surface area contributed by atoms with Gasteiger partial charge >= 0.3 is 0 Å². The lowest BCUT2D eigenvalue weighted by atomic mass is 10.1. The SMILES string of the molecule is CCCC(C)NC(C)C(=O)N1CCCCC1. The minimum absolute atomic E-state index is 0.0281. The molecule has 1 aliphatic heterocycles. The molecule has 1 fully saturated rings. The fraction of sp³-hybridized carbons (Fsp3) is 0.923. The highest BCUT2D eigenvalue weighted by molar-refractivity contribution is 5.81. The van der Waals surface area contributed by atoms with Crippen molar-refractivity contribution in [3.63, 3.8) is 0 Å². The summed E-state index contributed by atoms with van der Waals surface area (Å²) in [5, 5.41) is 3.39. The summed E-state index contributed by atoms with van der Waals surface area (Å²) in [6.45, 7) is 8.22. The predicted octanol–water partition coefficient (Wildman–Crippen LogP) is 2.17. The minimum atomic E-state index is -0.0281. The second-order valence-electron chi connectivity index (χ2n) is 4.96. The van der Waals surface area contributed by atoms with E-state index in [2.05, 4.69) is 19.2 Å². The van der Waals surface area contributed by atoms with E-state index in [9.17, 15) is 4.79 Å². The van der Waals surface area contributed by atoms with Crippen molar-refractivity contribution in [2.75, 3.05) is 13.1 Å². The summed E-state index contributed by atoms with van der Waals surface area (Å²) >= 11 is 0. The Morgan fingerprint density at radius 2 is 1.88 bits per heavy atom. The molecular formula is C13H26N2O. The lowest BCUT2D eigenvalue weighted by Gasteiger charge is -2.30. The molecule has 3 nitrogen and oxygen atoms in total. The van der Waals surface area contributed by atoms with Gasteiger partial charge in [0.25, 0.3) is 0 Å². The molecular weight excluding hydrogens is 200 g/mol. The number of nitrogens with zero attached hydrogens (tertiary/aromatic N) is 1. The fourth-order valence-electron chi connectivity index (χ4n) is 2.40. The molecule has 0 aromatic carbocycles. The number of hydrogen-bond donors (Lipinski definition) is 1. The van der Waals surface area contributed by atoms with E-state index in [4.69, 9.17) is 0 Å². The predicted molar refractivity (Wildman–Crippen MR) is 67.4 cm³/mol. The highest BCUT2D eigenvalue weighted by Crippen LogP contribution is 2.10. The van der Waals surface area contributed by atoms with Gasteiger partial charge in [0.15, 0.2) is 0 Å². The normalized spacial score (nSPS) is 20.6. The Balaban J connectivity index is 2.34. The molecule has 2 unspecified atom stereocenters. The van der Waals surface area contributed by atoms with Gasteiger partial charge in [-0.25, -0.2) is 0 Å². The average molecular weight is 226 g/mol. The second kappa shape index (κ2) is 6.89. The standard InChI is InChI=1S/C13H26N2O/c1-4-8-11(2)14-12(3)13(16)15-9-6-5-7-10-15/h11-12,14H,4-10H2,1-3H3. The third-order valence-corrected chi connectivity index (χ3v) is 3.29. The number of carbonyl (C=O) groups excluding carboxylic acids is 1. The number of piperidine rings is 1. The van der Waals surface area contributed by atoms with Crippen LogP contribution in [0.5, 0.6) is 0 Å². The number of hydrogen-bond acceptors (Lipinski definition) is 2. The Hall–Kier alpha value is -0.570. The van der Waals surface area contributed by atoms with E-state index in [0.29, 0.717) is 6.04 Å². The summed E-state index contributed by atoms with van der Waals surface area (Å²) < 4.78 is 0. The molecule has 1 rings (SSSR count). The van der Waals surface area contributed by atoms with E-state index in [1.807, 2.05) is 11.8 Å². The first-order chi connectivity index (χ1) is 7.65. The van der Waals surface area contributed by atoms with Gasteiger partial charge < -0.3 is 10.2 Å². The molecule has 3 heteroatoms. The highest BCUT2D eigenvalue weighted by atomic mass is 16.2. The molecule has 0 radical (unpaired) electrons. The van der Waals surface area contributed by atoms with Gasteiger partial charge in [0.05, 0.1) is 6.04 Å². The quantitative estimate of drug-likeness (QED) is 0.779. The average Bonchev–Trinajstić information content (AvgIpc) is 2.29. The molecule has 0 aromatic rings. The zero-order valence-corrected chi connectivity index (χ0v) is 11.0. The number of carbonyl (C=O) groups is 1. The van der Waals surface area contributed by atoms with Crippen LogP contribution in [0.4, 0.5) is 0 Å². The lowest BCUT2D eigenvalue weighted by Crippen LogP contribution is -2.49. The third kappa shape index (κ3) is 4.12. The summed E-state index contributed by atoms with van der Waals surface area (Å²) in [5.41, 5.74) is 0. The summed E-state index contributed by atoms with van der Waals surface area (Å²) in [5.74, 6) is 0.280. The van der Waals surface area contributed by atoms with E-state index in [0.717, 1.165) is 19.5 Å². The van der Waals surface area contributed by atoms with Crippen molar-refractivity contribution in [1.82, 2.24) is 10.2 Å². The van der Waals surface area contributed by atoms with Crippen molar-refractivity contribution in [3.8, 4) is 0 Å². The summed E-state index contributed by atoms with van der Waals surface area (Å²) in [6.07, 6.45) is 5.92. The van der Waals surface area contributed by atoms with Gasteiger partial charge in [0.1, 0.15) is 0 Å². The van der Waals surface area contributed by atoms with Crippen LogP contribution in [0.2, 0.25) is 0 Å². The van der Waals surface area contributed by atoms with Crippen molar-refractivity contribution in [2.45, 2.75) is 65.0 Å². The number of nitrogens with one attached hydrogen (secondary N) is 1. The van der Waals surface area contributed by atoms with Crippen molar-refractivity contribution in [3.05, 3.63) is 0 Å². The lowest BCUT2D eigenvalue weighted by molar-refractivity contribution is -0.134. The first kappa shape index (κ1) is 13.5. The van der Waals surface area contributed by atoms with Crippen LogP contribution in [0.25, 0.3) is 0 Å². The van der Waals surface area contributed by atoms with Crippen LogP contribution in [0.1, 0.15) is 52.9 Å². The molecule has 94 valence electrons. The van der Waals surface area contributed by atoms with E-state index in [-0.39, 0.29) is 11.9 Å². The minimum Gasteiger partial charge on any atom is -0.341 e. The maximum atomic E-state index is 12.1. The van der Waals surface area contributed by atoms with Gasteiger partial charge in [-0.1, -0.05) is 13.3 Å². The van der Waals surface area contributed by atoms with Crippen LogP contribution in [-0.2, 0) is 4.79 Å². The molecule has 1 amide bonds. The molecule has 1 aliphatic rings. The van der Waals surface area contributed by atoms with Crippen molar-refractivity contribution >= 4 is 5.91 Å². The second-order valence-corrected chi connectivity index (χ2v) is 4.96. The smallest absolute Gasteiger partial charge is 0.239 e. The molecule has 2 atom stereocenters. The fourth-order valence-corrected chi connectivity index (χ4v) is 2.40. The van der Waals surface area contributed by atoms with Gasteiger partial charge in [0.2, 0.25) is 5.91 Å². The number of likely N-dealkylation sites (tertiary alicyclic amines) is 1. The van der Waals surface area contributed by atoms with E-state index < -0.39 is 0 Å². The Bertz CT molecular complexity index is 212. The Kier molecular flexibility index (Phi) is 5.81. The van der Waals surface area contributed by atoms with Gasteiger partial charge in [0, 0.05) is 19.1 Å². The van der Waals surface area contributed by atoms with Crippen molar-refractivity contribution < 1.29 is 4.79 Å². The summed E-state index contributed by atoms with van der Waals surface area (Å²) in [4.78, 5) is 14.1. The van der Waals surface area contributed by atoms with Crippen LogP contribution in [-0.4, -0.2) is 36.0 Å². The third-order valence-electron chi connectivity index (χ3n) is 3.29. The number of rotatable bonds is 5. The van der Waals surface area contributed by atoms with Crippen LogP contribution >= 0.6 is 0 Å². The highest BCUT2D eigenvalue weighted by Gasteiger charge is 2.22. The molecule has 0 bridgehead atoms. The van der Waals surface area contributed by atoms with E-state index in [1.54, 1.807) is 0 Å². The zero-order valence-electron chi connectivity index (χ0n) is 11.0. The molecule has 0 aromatic heterocycles. The first-order valence-corrected chi connectivity index (χ1v) is 6.70. The monoisotopic (exact) mass is 226 g/mol. The maximum absolute atomic E-state index is 12.1. The molecule has 1 heterocycles.